The van der Waals surface area contributed by atoms with Crippen molar-refractivity contribution < 1.29 is 80.2 Å². The molecule has 0 aromatic heterocycles. The Morgan fingerprint density at radius 1 is 0.281 bits per heavy atom. The van der Waals surface area contributed by atoms with E-state index < -0.39 is 97.5 Å². The number of hydrogen-bond acceptors (Lipinski definition) is 15. The average Bonchev–Trinajstić information content (AvgIpc) is 1.13. The van der Waals surface area contributed by atoms with Crippen LogP contribution in [0.4, 0.5) is 0 Å². The number of rotatable bonds is 76. The van der Waals surface area contributed by atoms with E-state index in [-0.39, 0.29) is 25.7 Å². The van der Waals surface area contributed by atoms with Gasteiger partial charge in [-0.25, -0.2) is 9.13 Å². The van der Waals surface area contributed by atoms with Gasteiger partial charge in [-0.15, -0.1) is 0 Å². The first-order valence-corrected chi connectivity index (χ1v) is 43.0. The Balaban J connectivity index is 5.24. The van der Waals surface area contributed by atoms with Crippen molar-refractivity contribution in [1.29, 1.82) is 0 Å². The van der Waals surface area contributed by atoms with Gasteiger partial charge in [0, 0.05) is 25.7 Å². The Morgan fingerprint density at radius 3 is 0.708 bits per heavy atom. The summed E-state index contributed by atoms with van der Waals surface area (Å²) in [6, 6.07) is 0. The molecule has 0 bridgehead atoms. The van der Waals surface area contributed by atoms with Crippen LogP contribution in [0.2, 0.25) is 0 Å². The molecule has 2 unspecified atom stereocenters. The van der Waals surface area contributed by atoms with E-state index in [4.69, 9.17) is 37.0 Å². The van der Waals surface area contributed by atoms with Gasteiger partial charge in [0.15, 0.2) is 12.2 Å². The number of carbonyl (C=O) groups excluding carboxylic acids is 4. The number of esters is 4. The minimum Gasteiger partial charge on any atom is -0.462 e. The van der Waals surface area contributed by atoms with Crippen molar-refractivity contribution in [2.24, 2.45) is 11.8 Å². The van der Waals surface area contributed by atoms with E-state index in [9.17, 15) is 43.2 Å². The summed E-state index contributed by atoms with van der Waals surface area (Å²) in [7, 11) is -9.91. The van der Waals surface area contributed by atoms with Gasteiger partial charge in [0.25, 0.3) is 0 Å². The van der Waals surface area contributed by atoms with Gasteiger partial charge in [-0.05, 0) is 37.5 Å². The number of phosphoric acid groups is 2. The van der Waals surface area contributed by atoms with Crippen LogP contribution in [0.3, 0.4) is 0 Å². The van der Waals surface area contributed by atoms with Crippen LogP contribution >= 0.6 is 15.6 Å². The lowest BCUT2D eigenvalue weighted by Gasteiger charge is -2.21. The van der Waals surface area contributed by atoms with E-state index in [2.05, 4.69) is 41.5 Å². The highest BCUT2D eigenvalue weighted by molar-refractivity contribution is 7.47. The second-order valence-corrected chi connectivity index (χ2v) is 31.6. The minimum absolute atomic E-state index is 0.107. The lowest BCUT2D eigenvalue weighted by molar-refractivity contribution is -0.161. The summed E-state index contributed by atoms with van der Waals surface area (Å²) in [4.78, 5) is 72.9. The van der Waals surface area contributed by atoms with E-state index >= 15 is 0 Å². The minimum atomic E-state index is -4.96. The number of hydrogen-bond donors (Lipinski definition) is 3. The van der Waals surface area contributed by atoms with E-state index in [1.165, 1.54) is 212 Å². The van der Waals surface area contributed by atoms with Crippen molar-refractivity contribution >= 4 is 39.5 Å². The Morgan fingerprint density at radius 2 is 0.479 bits per heavy atom. The maximum absolute atomic E-state index is 13.1. The van der Waals surface area contributed by atoms with Crippen molar-refractivity contribution in [1.82, 2.24) is 0 Å². The average molecular weight is 1410 g/mol. The van der Waals surface area contributed by atoms with E-state index in [1.54, 1.807) is 0 Å². The summed E-state index contributed by atoms with van der Waals surface area (Å²) in [5, 5.41) is 10.6. The second-order valence-electron chi connectivity index (χ2n) is 28.7. The monoisotopic (exact) mass is 1410 g/mol. The fourth-order valence-corrected chi connectivity index (χ4v) is 13.4. The Kier molecular flexibility index (Phi) is 67.4. The van der Waals surface area contributed by atoms with E-state index in [0.717, 1.165) is 102 Å². The topological polar surface area (TPSA) is 237 Å². The fourth-order valence-electron chi connectivity index (χ4n) is 11.8. The largest absolute Gasteiger partial charge is 0.472 e. The molecule has 0 aliphatic carbocycles. The molecule has 0 saturated heterocycles. The van der Waals surface area contributed by atoms with Crippen LogP contribution in [0.5, 0.6) is 0 Å². The van der Waals surface area contributed by atoms with Crippen LogP contribution in [-0.4, -0.2) is 96.7 Å². The molecule has 0 saturated carbocycles. The predicted molar refractivity (Wildman–Crippen MR) is 391 cm³/mol. The standard InChI is InChI=1S/C77H150O17P2/c1-7-9-11-13-15-17-19-21-22-23-28-31-35-41-47-53-59-74(79)87-65-72(93-77(82)62-56-50-43-37-33-29-25-24-27-30-34-39-45-51-57-69(3)4)67-91-95(83,84)89-63-71(78)64-90-96(85,86)92-68-73(66-88-75(80)60-54-48-44-38-40-46-52-58-70(5)6)94-76(81)61-55-49-42-36-32-26-20-18-16-14-12-10-8-2/h69-73,78H,7-68H2,1-6H3,(H,83,84)(H,85,86)/t71-,72-,73-/m1/s1. The number of unbranched alkanes of at least 4 members (excludes halogenated alkanes) is 46. The summed E-state index contributed by atoms with van der Waals surface area (Å²) in [5.74, 6) is -0.613. The maximum atomic E-state index is 13.1. The maximum Gasteiger partial charge on any atom is 0.472 e. The quantitative estimate of drug-likeness (QED) is 0.0222. The van der Waals surface area contributed by atoms with Crippen LogP contribution in [-0.2, 0) is 65.4 Å². The highest BCUT2D eigenvalue weighted by Gasteiger charge is 2.30. The summed E-state index contributed by atoms with van der Waals surface area (Å²) in [6.45, 7) is 9.58. The Hall–Kier alpha value is -1.94. The van der Waals surface area contributed by atoms with Gasteiger partial charge in [-0.2, -0.15) is 0 Å². The number of ether oxygens (including phenoxy) is 4. The second kappa shape index (κ2) is 68.8. The molecular formula is C77H150O17P2. The van der Waals surface area contributed by atoms with Crippen molar-refractivity contribution in [3.63, 3.8) is 0 Å². The van der Waals surface area contributed by atoms with Crippen molar-refractivity contribution in [2.45, 2.75) is 419 Å². The molecule has 0 radical (unpaired) electrons. The number of aliphatic hydroxyl groups excluding tert-OH is 1. The molecule has 19 heteroatoms. The Bertz CT molecular complexity index is 1860. The SMILES string of the molecule is CCCCCCCCCCCCCCCCCCC(=O)OC[C@H](COP(=O)(O)OC[C@@H](O)COP(=O)(O)OC[C@@H](COC(=O)CCCCCCCCCC(C)C)OC(=O)CCCCCCCCCCCCCCC)OC(=O)CCCCCCCCCCCCCCCCC(C)C. The van der Waals surface area contributed by atoms with Crippen LogP contribution < -0.4 is 0 Å². The normalized spacial score (nSPS) is 14.0. The summed E-state index contributed by atoms with van der Waals surface area (Å²) in [6.07, 6.45) is 56.9. The van der Waals surface area contributed by atoms with Crippen LogP contribution in [0.1, 0.15) is 401 Å². The molecule has 0 heterocycles. The summed E-state index contributed by atoms with van der Waals surface area (Å²) < 4.78 is 68.6. The van der Waals surface area contributed by atoms with Gasteiger partial charge >= 0.3 is 39.5 Å². The summed E-state index contributed by atoms with van der Waals surface area (Å²) >= 11 is 0. The highest BCUT2D eigenvalue weighted by atomic mass is 31.2. The molecule has 0 fully saturated rings. The lowest BCUT2D eigenvalue weighted by atomic mass is 10.0. The molecule has 3 N–H and O–H groups in total. The van der Waals surface area contributed by atoms with Gasteiger partial charge in [0.1, 0.15) is 19.3 Å². The van der Waals surface area contributed by atoms with Crippen LogP contribution in [0.15, 0.2) is 0 Å². The van der Waals surface area contributed by atoms with Gasteiger partial charge in [-0.1, -0.05) is 350 Å². The molecule has 0 amide bonds. The number of phosphoric ester groups is 2. The van der Waals surface area contributed by atoms with Crippen molar-refractivity contribution in [3.8, 4) is 0 Å². The molecule has 5 atom stereocenters. The fraction of sp³-hybridized carbons (Fsp3) is 0.948. The van der Waals surface area contributed by atoms with Gasteiger partial charge in [0.05, 0.1) is 26.4 Å². The number of aliphatic hydroxyl groups is 1. The zero-order chi connectivity index (χ0) is 70.7. The van der Waals surface area contributed by atoms with E-state index in [0.29, 0.717) is 31.6 Å². The molecule has 0 aliphatic heterocycles. The lowest BCUT2D eigenvalue weighted by Crippen LogP contribution is -2.30. The molecule has 0 rings (SSSR count). The molecule has 96 heavy (non-hydrogen) atoms. The third-order valence-electron chi connectivity index (χ3n) is 18.0. The Labute approximate surface area is 588 Å². The van der Waals surface area contributed by atoms with Gasteiger partial charge in [0.2, 0.25) is 0 Å². The molecule has 0 aromatic rings. The van der Waals surface area contributed by atoms with Gasteiger partial charge in [-0.3, -0.25) is 37.3 Å². The molecule has 0 aliphatic rings. The predicted octanol–water partition coefficient (Wildman–Crippen LogP) is 22.7. The van der Waals surface area contributed by atoms with E-state index in [1.807, 2.05) is 0 Å². The van der Waals surface area contributed by atoms with Crippen molar-refractivity contribution in [3.05, 3.63) is 0 Å². The molecular weight excluding hydrogens is 1260 g/mol. The third kappa shape index (κ3) is 70.5. The smallest absolute Gasteiger partial charge is 0.462 e. The third-order valence-corrected chi connectivity index (χ3v) is 19.9. The van der Waals surface area contributed by atoms with Crippen LogP contribution in [0.25, 0.3) is 0 Å². The van der Waals surface area contributed by atoms with Gasteiger partial charge < -0.3 is 33.8 Å². The molecule has 570 valence electrons. The molecule has 0 spiro atoms. The molecule has 0 aromatic carbocycles. The first kappa shape index (κ1) is 94.1. The van der Waals surface area contributed by atoms with Crippen LogP contribution in [0, 0.1) is 11.8 Å². The summed E-state index contributed by atoms with van der Waals surface area (Å²) in [5.41, 5.74) is 0. The number of carbonyl (C=O) groups is 4. The zero-order valence-electron chi connectivity index (χ0n) is 62.7. The van der Waals surface area contributed by atoms with Crippen molar-refractivity contribution in [2.75, 3.05) is 39.6 Å². The first-order chi connectivity index (χ1) is 46.4. The zero-order valence-corrected chi connectivity index (χ0v) is 64.5. The highest BCUT2D eigenvalue weighted by Crippen LogP contribution is 2.45. The first-order valence-electron chi connectivity index (χ1n) is 40.0. The molecule has 17 nitrogen and oxygen atoms in total.